The molecule has 2 rings (SSSR count). The number of amides is 1. The van der Waals surface area contributed by atoms with Crippen molar-refractivity contribution in [3.05, 3.63) is 41.5 Å². The lowest BCUT2D eigenvalue weighted by atomic mass is 10.0. The van der Waals surface area contributed by atoms with Gasteiger partial charge in [-0.15, -0.1) is 0 Å². The molecule has 0 aliphatic carbocycles. The average Bonchev–Trinajstić information content (AvgIpc) is 2.38. The van der Waals surface area contributed by atoms with Crippen molar-refractivity contribution in [1.82, 2.24) is 5.32 Å². The van der Waals surface area contributed by atoms with Gasteiger partial charge in [0.1, 0.15) is 5.75 Å². The molecule has 0 saturated heterocycles. The van der Waals surface area contributed by atoms with E-state index in [0.29, 0.717) is 12.1 Å². The van der Waals surface area contributed by atoms with Crippen LogP contribution in [-0.2, 0) is 6.42 Å². The Morgan fingerprint density at radius 1 is 1.22 bits per heavy atom. The fourth-order valence-corrected chi connectivity index (χ4v) is 2.00. The zero-order valence-electron chi connectivity index (χ0n) is 10.7. The lowest BCUT2D eigenvalue weighted by molar-refractivity contribution is 0.0955. The molecule has 0 unspecified atom stereocenters. The predicted octanol–water partition coefficient (Wildman–Crippen LogP) is 2.86. The van der Waals surface area contributed by atoms with Gasteiger partial charge >= 0.3 is 0 Å². The first-order chi connectivity index (χ1) is 8.65. The summed E-state index contributed by atoms with van der Waals surface area (Å²) in [6.07, 6.45) is 0.924. The van der Waals surface area contributed by atoms with Crippen LogP contribution in [0.1, 0.15) is 29.8 Å². The van der Waals surface area contributed by atoms with Crippen molar-refractivity contribution in [2.24, 2.45) is 0 Å². The summed E-state index contributed by atoms with van der Waals surface area (Å²) in [5.41, 5.74) is 1.66. The standard InChI is InChI=1S/C15H17NO2/c1-3-10-5-6-11-8-12(15(18)16-4-2)9-14(17)13(11)7-10/h5-9,17H,3-4H2,1-2H3,(H,16,18). The Labute approximate surface area is 106 Å². The summed E-state index contributed by atoms with van der Waals surface area (Å²) in [6.45, 7) is 4.51. The van der Waals surface area contributed by atoms with Gasteiger partial charge in [0.25, 0.3) is 5.91 Å². The lowest BCUT2D eigenvalue weighted by Gasteiger charge is -2.07. The molecule has 0 aliphatic heterocycles. The smallest absolute Gasteiger partial charge is 0.251 e. The van der Waals surface area contributed by atoms with Crippen LogP contribution in [0.2, 0.25) is 0 Å². The van der Waals surface area contributed by atoms with Gasteiger partial charge in [0, 0.05) is 17.5 Å². The Morgan fingerprint density at radius 2 is 2.00 bits per heavy atom. The molecule has 0 aromatic heterocycles. The van der Waals surface area contributed by atoms with Crippen LogP contribution in [-0.4, -0.2) is 17.6 Å². The van der Waals surface area contributed by atoms with Gasteiger partial charge in [-0.3, -0.25) is 4.79 Å². The Morgan fingerprint density at radius 3 is 2.67 bits per heavy atom. The largest absolute Gasteiger partial charge is 0.507 e. The third-order valence-corrected chi connectivity index (χ3v) is 3.00. The monoisotopic (exact) mass is 243 g/mol. The predicted molar refractivity (Wildman–Crippen MR) is 73.0 cm³/mol. The molecule has 2 N–H and O–H groups in total. The fraction of sp³-hybridized carbons (Fsp3) is 0.267. The molecule has 3 nitrogen and oxygen atoms in total. The maximum Gasteiger partial charge on any atom is 0.251 e. The number of phenolic OH excluding ortho intramolecular Hbond substituents is 1. The second-order valence-corrected chi connectivity index (χ2v) is 4.26. The Bertz CT molecular complexity index is 590. The molecule has 2 aromatic carbocycles. The number of aryl methyl sites for hydroxylation is 1. The van der Waals surface area contributed by atoms with Crippen molar-refractivity contribution >= 4 is 16.7 Å². The summed E-state index contributed by atoms with van der Waals surface area (Å²) >= 11 is 0. The SMILES string of the molecule is CCNC(=O)c1cc(O)c2cc(CC)ccc2c1. The molecule has 18 heavy (non-hydrogen) atoms. The van der Waals surface area contributed by atoms with Crippen molar-refractivity contribution in [2.45, 2.75) is 20.3 Å². The normalized spacial score (nSPS) is 10.6. The van der Waals surface area contributed by atoms with Gasteiger partial charge in [-0.25, -0.2) is 0 Å². The summed E-state index contributed by atoms with van der Waals surface area (Å²) in [6, 6.07) is 9.25. The van der Waals surface area contributed by atoms with Crippen molar-refractivity contribution < 1.29 is 9.90 Å². The van der Waals surface area contributed by atoms with E-state index in [1.54, 1.807) is 6.07 Å². The van der Waals surface area contributed by atoms with Gasteiger partial charge in [-0.05, 0) is 42.5 Å². The van der Waals surface area contributed by atoms with Gasteiger partial charge in [-0.1, -0.05) is 19.1 Å². The molecule has 1 amide bonds. The highest BCUT2D eigenvalue weighted by atomic mass is 16.3. The van der Waals surface area contributed by atoms with E-state index in [1.165, 1.54) is 11.6 Å². The van der Waals surface area contributed by atoms with Gasteiger partial charge < -0.3 is 10.4 Å². The Balaban J connectivity index is 2.53. The Kier molecular flexibility index (Phi) is 3.51. The van der Waals surface area contributed by atoms with E-state index in [4.69, 9.17) is 0 Å². The molecular formula is C15H17NO2. The number of hydrogen-bond acceptors (Lipinski definition) is 2. The molecule has 3 heteroatoms. The van der Waals surface area contributed by atoms with Gasteiger partial charge in [-0.2, -0.15) is 0 Å². The minimum absolute atomic E-state index is 0.157. The van der Waals surface area contributed by atoms with Crippen molar-refractivity contribution in [3.63, 3.8) is 0 Å². The first kappa shape index (κ1) is 12.4. The molecule has 0 spiro atoms. The zero-order chi connectivity index (χ0) is 13.1. The third-order valence-electron chi connectivity index (χ3n) is 3.00. The average molecular weight is 243 g/mol. The van der Waals surface area contributed by atoms with E-state index < -0.39 is 0 Å². The molecule has 94 valence electrons. The van der Waals surface area contributed by atoms with Crippen LogP contribution in [0.4, 0.5) is 0 Å². The zero-order valence-corrected chi connectivity index (χ0v) is 10.7. The fourth-order valence-electron chi connectivity index (χ4n) is 2.00. The van der Waals surface area contributed by atoms with E-state index in [2.05, 4.69) is 12.2 Å². The van der Waals surface area contributed by atoms with Gasteiger partial charge in [0.2, 0.25) is 0 Å². The van der Waals surface area contributed by atoms with Crippen LogP contribution in [0.25, 0.3) is 10.8 Å². The summed E-state index contributed by atoms with van der Waals surface area (Å²) in [7, 11) is 0. The van der Waals surface area contributed by atoms with Crippen molar-refractivity contribution in [2.75, 3.05) is 6.54 Å². The van der Waals surface area contributed by atoms with E-state index in [9.17, 15) is 9.90 Å². The summed E-state index contributed by atoms with van der Waals surface area (Å²) in [5.74, 6) is -0.00155. The number of aromatic hydroxyl groups is 1. The minimum atomic E-state index is -0.158. The van der Waals surface area contributed by atoms with Crippen molar-refractivity contribution in [1.29, 1.82) is 0 Å². The quantitative estimate of drug-likeness (QED) is 0.870. The molecule has 0 atom stereocenters. The molecule has 0 fully saturated rings. The number of carbonyl (C=O) groups is 1. The number of phenols is 1. The first-order valence-corrected chi connectivity index (χ1v) is 6.19. The lowest BCUT2D eigenvalue weighted by Crippen LogP contribution is -2.22. The third kappa shape index (κ3) is 2.30. The van der Waals surface area contributed by atoms with Crippen molar-refractivity contribution in [3.8, 4) is 5.75 Å². The number of benzene rings is 2. The number of hydrogen-bond donors (Lipinski definition) is 2. The maximum absolute atomic E-state index is 11.7. The van der Waals surface area contributed by atoms with Gasteiger partial charge in [0.05, 0.1) is 0 Å². The van der Waals surface area contributed by atoms with E-state index in [-0.39, 0.29) is 11.7 Å². The number of nitrogens with one attached hydrogen (secondary N) is 1. The first-order valence-electron chi connectivity index (χ1n) is 6.19. The van der Waals surface area contributed by atoms with Crippen LogP contribution in [0.3, 0.4) is 0 Å². The van der Waals surface area contributed by atoms with Gasteiger partial charge in [0.15, 0.2) is 0 Å². The minimum Gasteiger partial charge on any atom is -0.507 e. The highest BCUT2D eigenvalue weighted by Gasteiger charge is 2.09. The topological polar surface area (TPSA) is 49.3 Å². The summed E-state index contributed by atoms with van der Waals surface area (Å²) < 4.78 is 0. The van der Waals surface area contributed by atoms with Crippen LogP contribution < -0.4 is 5.32 Å². The molecule has 0 heterocycles. The van der Waals surface area contributed by atoms with Crippen LogP contribution >= 0.6 is 0 Å². The highest BCUT2D eigenvalue weighted by molar-refractivity contribution is 6.00. The summed E-state index contributed by atoms with van der Waals surface area (Å²) in [5, 5.41) is 14.4. The van der Waals surface area contributed by atoms with Crippen LogP contribution in [0.15, 0.2) is 30.3 Å². The molecule has 0 bridgehead atoms. The van der Waals surface area contributed by atoms with Crippen LogP contribution in [0, 0.1) is 0 Å². The molecule has 0 aliphatic rings. The van der Waals surface area contributed by atoms with E-state index in [1.807, 2.05) is 25.1 Å². The van der Waals surface area contributed by atoms with E-state index >= 15 is 0 Å². The maximum atomic E-state index is 11.7. The second-order valence-electron chi connectivity index (χ2n) is 4.26. The highest BCUT2D eigenvalue weighted by Crippen LogP contribution is 2.27. The molecule has 2 aromatic rings. The second kappa shape index (κ2) is 5.08. The number of carbonyl (C=O) groups excluding carboxylic acids is 1. The van der Waals surface area contributed by atoms with Crippen LogP contribution in [0.5, 0.6) is 5.75 Å². The number of fused-ring (bicyclic) bond motifs is 1. The molecule has 0 radical (unpaired) electrons. The molecular weight excluding hydrogens is 226 g/mol. The van der Waals surface area contributed by atoms with E-state index in [0.717, 1.165) is 17.2 Å². The Hall–Kier alpha value is -2.03. The molecule has 0 saturated carbocycles. The summed E-state index contributed by atoms with van der Waals surface area (Å²) in [4.78, 5) is 11.7. The number of rotatable bonds is 3.